The first kappa shape index (κ1) is 16.6. The molecular formula is C14H19N5O2. The maximum Gasteiger partial charge on any atom is 0.245 e. The smallest absolute Gasteiger partial charge is 0.245 e. The van der Waals surface area contributed by atoms with E-state index >= 15 is 0 Å². The number of hydrogen-bond donors (Lipinski definition) is 2. The molecule has 0 heterocycles. The van der Waals surface area contributed by atoms with Crippen molar-refractivity contribution >= 4 is 11.6 Å². The second kappa shape index (κ2) is 8.63. The Bertz CT molecular complexity index is 535. The third-order valence-corrected chi connectivity index (χ3v) is 2.63. The van der Waals surface area contributed by atoms with Gasteiger partial charge in [0.15, 0.2) is 0 Å². The third kappa shape index (κ3) is 5.99. The molecule has 7 heteroatoms. The van der Waals surface area contributed by atoms with Crippen LogP contribution in [0.15, 0.2) is 41.7 Å². The maximum absolute atomic E-state index is 12.1. The summed E-state index contributed by atoms with van der Waals surface area (Å²) in [7, 11) is 1.54. The van der Waals surface area contributed by atoms with Crippen molar-refractivity contribution < 1.29 is 9.53 Å². The Balaban J connectivity index is 2.57. The van der Waals surface area contributed by atoms with Crippen molar-refractivity contribution in [1.82, 2.24) is 10.6 Å². The predicted octanol–water partition coefficient (Wildman–Crippen LogP) is 2.38. The summed E-state index contributed by atoms with van der Waals surface area (Å²) in [6, 6.07) is 6.50. The van der Waals surface area contributed by atoms with Crippen LogP contribution in [-0.2, 0) is 16.1 Å². The van der Waals surface area contributed by atoms with E-state index in [-0.39, 0.29) is 12.5 Å². The fraction of sp³-hybridized carbons (Fsp3) is 0.357. The molecule has 0 radical (unpaired) electrons. The Morgan fingerprint density at radius 3 is 2.67 bits per heavy atom. The average molecular weight is 289 g/mol. The van der Waals surface area contributed by atoms with Gasteiger partial charge < -0.3 is 15.4 Å². The third-order valence-electron chi connectivity index (χ3n) is 2.63. The molecule has 2 N–H and O–H groups in total. The number of nitrogens with one attached hydrogen (secondary N) is 2. The normalized spacial score (nSPS) is 11.1. The molecule has 1 aromatic carbocycles. The molecule has 0 aliphatic carbocycles. The van der Waals surface area contributed by atoms with Crippen LogP contribution in [0.5, 0.6) is 0 Å². The van der Waals surface area contributed by atoms with Crippen LogP contribution < -0.4 is 10.6 Å². The molecule has 0 fully saturated rings. The van der Waals surface area contributed by atoms with Crippen molar-refractivity contribution in [2.45, 2.75) is 19.5 Å². The van der Waals surface area contributed by atoms with E-state index in [1.54, 1.807) is 31.2 Å². The van der Waals surface area contributed by atoms with Crippen LogP contribution in [-0.4, -0.2) is 25.7 Å². The van der Waals surface area contributed by atoms with Crippen LogP contribution in [0.3, 0.4) is 0 Å². The minimum atomic E-state index is -0.477. The van der Waals surface area contributed by atoms with Gasteiger partial charge in [-0.1, -0.05) is 36.0 Å². The number of ether oxygens (including phenoxy) is 1. The topological polar surface area (TPSA) is 99.1 Å². The van der Waals surface area contributed by atoms with Crippen LogP contribution in [0.2, 0.25) is 0 Å². The molecule has 1 amide bonds. The van der Waals surface area contributed by atoms with Crippen LogP contribution in [0.1, 0.15) is 12.5 Å². The molecule has 0 unspecified atom stereocenters. The molecule has 0 aliphatic rings. The summed E-state index contributed by atoms with van der Waals surface area (Å²) in [5.41, 5.74) is 10.5. The SMILES string of the molecule is C=C(C)N[C@H](COC)C(=O)NCc1ccc(N=[N+]=[N-])cc1. The van der Waals surface area contributed by atoms with Gasteiger partial charge in [-0.05, 0) is 18.0 Å². The molecule has 0 saturated carbocycles. The molecule has 112 valence electrons. The summed E-state index contributed by atoms with van der Waals surface area (Å²) in [5, 5.41) is 9.26. The summed E-state index contributed by atoms with van der Waals surface area (Å²) in [6.07, 6.45) is 0. The largest absolute Gasteiger partial charge is 0.382 e. The zero-order chi connectivity index (χ0) is 15.7. The zero-order valence-electron chi connectivity index (χ0n) is 12.2. The number of carbonyl (C=O) groups is 1. The average Bonchev–Trinajstić information content (AvgIpc) is 2.45. The Hall–Kier alpha value is -2.50. The van der Waals surface area contributed by atoms with Gasteiger partial charge in [0, 0.05) is 30.0 Å². The molecule has 7 nitrogen and oxygen atoms in total. The summed E-state index contributed by atoms with van der Waals surface area (Å²) in [5.74, 6) is -0.168. The fourth-order valence-corrected chi connectivity index (χ4v) is 1.69. The summed E-state index contributed by atoms with van der Waals surface area (Å²) >= 11 is 0. The summed E-state index contributed by atoms with van der Waals surface area (Å²) in [4.78, 5) is 14.8. The molecular weight excluding hydrogens is 270 g/mol. The molecule has 0 bridgehead atoms. The molecule has 0 aromatic heterocycles. The number of carbonyl (C=O) groups excluding carboxylic acids is 1. The van der Waals surface area contributed by atoms with E-state index in [9.17, 15) is 4.79 Å². The van der Waals surface area contributed by atoms with Crippen LogP contribution in [0.25, 0.3) is 10.4 Å². The van der Waals surface area contributed by atoms with E-state index in [1.807, 2.05) is 0 Å². The quantitative estimate of drug-likeness (QED) is 0.436. The number of azide groups is 1. The Labute approximate surface area is 123 Å². The molecule has 0 spiro atoms. The Morgan fingerprint density at radius 2 is 2.14 bits per heavy atom. The number of hydrogen-bond acceptors (Lipinski definition) is 4. The Kier molecular flexibility index (Phi) is 6.80. The first-order valence-electron chi connectivity index (χ1n) is 6.39. The van der Waals surface area contributed by atoms with E-state index in [0.29, 0.717) is 17.9 Å². The lowest BCUT2D eigenvalue weighted by Gasteiger charge is -2.18. The van der Waals surface area contributed by atoms with Crippen LogP contribution in [0, 0.1) is 0 Å². The van der Waals surface area contributed by atoms with E-state index in [4.69, 9.17) is 10.3 Å². The van der Waals surface area contributed by atoms with Gasteiger partial charge in [-0.3, -0.25) is 4.79 Å². The highest BCUT2D eigenvalue weighted by atomic mass is 16.5. The monoisotopic (exact) mass is 289 g/mol. The van der Waals surface area contributed by atoms with Crippen LogP contribution in [0.4, 0.5) is 5.69 Å². The fourth-order valence-electron chi connectivity index (χ4n) is 1.69. The summed E-state index contributed by atoms with van der Waals surface area (Å²) < 4.78 is 5.01. The van der Waals surface area contributed by atoms with Gasteiger partial charge in [-0.2, -0.15) is 0 Å². The van der Waals surface area contributed by atoms with E-state index in [0.717, 1.165) is 5.56 Å². The second-order valence-electron chi connectivity index (χ2n) is 4.51. The van der Waals surface area contributed by atoms with Crippen molar-refractivity contribution in [2.24, 2.45) is 5.11 Å². The lowest BCUT2D eigenvalue weighted by atomic mass is 10.2. The number of methoxy groups -OCH3 is 1. The minimum Gasteiger partial charge on any atom is -0.382 e. The van der Waals surface area contributed by atoms with Gasteiger partial charge in [0.2, 0.25) is 5.91 Å². The van der Waals surface area contributed by atoms with E-state index < -0.39 is 6.04 Å². The van der Waals surface area contributed by atoms with Crippen molar-refractivity contribution in [3.63, 3.8) is 0 Å². The molecule has 21 heavy (non-hydrogen) atoms. The predicted molar refractivity (Wildman–Crippen MR) is 80.7 cm³/mol. The van der Waals surface area contributed by atoms with Gasteiger partial charge in [-0.15, -0.1) is 0 Å². The highest BCUT2D eigenvalue weighted by molar-refractivity contribution is 5.82. The standard InChI is InChI=1S/C14H19N5O2/c1-10(2)17-13(9-21-3)14(20)16-8-11-4-6-12(7-5-11)18-19-15/h4-7,13,17H,1,8-9H2,2-3H3,(H,16,20)/t13-/m1/s1. The second-order valence-corrected chi connectivity index (χ2v) is 4.51. The van der Waals surface area contributed by atoms with Gasteiger partial charge in [0.1, 0.15) is 6.04 Å². The number of nitrogens with zero attached hydrogens (tertiary/aromatic N) is 3. The molecule has 0 aliphatic heterocycles. The van der Waals surface area contributed by atoms with Gasteiger partial charge >= 0.3 is 0 Å². The molecule has 1 aromatic rings. The lowest BCUT2D eigenvalue weighted by molar-refractivity contribution is -0.124. The van der Waals surface area contributed by atoms with E-state index in [2.05, 4.69) is 27.2 Å². The highest BCUT2D eigenvalue weighted by Crippen LogP contribution is 2.12. The number of benzene rings is 1. The number of allylic oxidation sites excluding steroid dienone is 1. The Morgan fingerprint density at radius 1 is 1.48 bits per heavy atom. The first-order valence-corrected chi connectivity index (χ1v) is 6.39. The van der Waals surface area contributed by atoms with Gasteiger partial charge in [-0.25, -0.2) is 0 Å². The molecule has 1 atom stereocenters. The first-order chi connectivity index (χ1) is 10.1. The number of amides is 1. The molecule has 1 rings (SSSR count). The number of rotatable bonds is 8. The van der Waals surface area contributed by atoms with Gasteiger partial charge in [0.05, 0.1) is 6.61 Å². The van der Waals surface area contributed by atoms with E-state index in [1.165, 1.54) is 7.11 Å². The molecule has 0 saturated heterocycles. The minimum absolute atomic E-state index is 0.168. The van der Waals surface area contributed by atoms with Crippen molar-refractivity contribution in [1.29, 1.82) is 0 Å². The summed E-state index contributed by atoms with van der Waals surface area (Å²) in [6.45, 7) is 6.14. The lowest BCUT2D eigenvalue weighted by Crippen LogP contribution is -2.45. The van der Waals surface area contributed by atoms with Crippen LogP contribution >= 0.6 is 0 Å². The van der Waals surface area contributed by atoms with Gasteiger partial charge in [0.25, 0.3) is 0 Å². The highest BCUT2D eigenvalue weighted by Gasteiger charge is 2.17. The maximum atomic E-state index is 12.1. The van der Waals surface area contributed by atoms with Crippen molar-refractivity contribution in [2.75, 3.05) is 13.7 Å². The zero-order valence-corrected chi connectivity index (χ0v) is 12.2. The van der Waals surface area contributed by atoms with Crippen molar-refractivity contribution in [3.05, 3.63) is 52.5 Å². The van der Waals surface area contributed by atoms with Crippen molar-refractivity contribution in [3.8, 4) is 0 Å².